The van der Waals surface area contributed by atoms with Crippen molar-refractivity contribution >= 4 is 145 Å². The van der Waals surface area contributed by atoms with Gasteiger partial charge in [0.15, 0.2) is 28.9 Å². The molecular formula is C108H124Br3N23O9. The van der Waals surface area contributed by atoms with Gasteiger partial charge in [-0.1, -0.05) is 87.8 Å². The number of benzene rings is 3. The molecule has 3 aromatic carbocycles. The van der Waals surface area contributed by atoms with Crippen molar-refractivity contribution in [3.63, 3.8) is 0 Å². The van der Waals surface area contributed by atoms with Crippen molar-refractivity contribution in [3.05, 3.63) is 197 Å². The number of halogens is 3. The molecule has 3 saturated heterocycles. The molecule has 9 atom stereocenters. The molecule has 15 heterocycles. The summed E-state index contributed by atoms with van der Waals surface area (Å²) in [4.78, 5) is 165. The highest BCUT2D eigenvalue weighted by Crippen LogP contribution is 2.65. The number of aromatic nitrogens is 16. The monoisotopic (exact) mass is 2120 g/mol. The maximum absolute atomic E-state index is 14.4. The molecule has 9 aliphatic rings. The molecule has 6 aliphatic heterocycles. The number of hydrogen-bond acceptors (Lipinski definition) is 24. The van der Waals surface area contributed by atoms with E-state index in [0.29, 0.717) is 83.9 Å². The fourth-order valence-electron chi connectivity index (χ4n) is 23.4. The van der Waals surface area contributed by atoms with Crippen LogP contribution in [0.2, 0.25) is 0 Å². The zero-order chi connectivity index (χ0) is 100. The van der Waals surface area contributed by atoms with E-state index >= 15 is 0 Å². The number of nitrogens with zero attached hydrogens (tertiary/aromatic N) is 21. The summed E-state index contributed by atoms with van der Waals surface area (Å²) in [6.45, 7) is 19.0. The molecular weight excluding hydrogens is 2000 g/mol. The second kappa shape index (κ2) is 41.7. The predicted molar refractivity (Wildman–Crippen MR) is 554 cm³/mol. The smallest absolute Gasteiger partial charge is 0.248 e. The molecule has 21 rings (SSSR count). The quantitative estimate of drug-likeness (QED) is 0.0799. The Labute approximate surface area is 857 Å². The predicted octanol–water partition coefficient (Wildman–Crippen LogP) is 17.2. The van der Waals surface area contributed by atoms with Gasteiger partial charge in [0.05, 0.1) is 58.6 Å². The van der Waals surface area contributed by atoms with Crippen molar-refractivity contribution in [1.29, 1.82) is 0 Å². The van der Waals surface area contributed by atoms with E-state index in [1.807, 2.05) is 109 Å². The van der Waals surface area contributed by atoms with Gasteiger partial charge in [-0.15, -0.1) is 5.10 Å². The zero-order valence-electron chi connectivity index (χ0n) is 83.1. The van der Waals surface area contributed by atoms with Crippen molar-refractivity contribution in [2.75, 3.05) is 44.4 Å². The van der Waals surface area contributed by atoms with Crippen LogP contribution in [-0.4, -0.2) is 226 Å². The third-order valence-electron chi connectivity index (χ3n) is 31.1. The standard InChI is InChI=1S/C38H44BrN7O3.C37H42BrN7O3.C33H38BrN9O3/c1-23-14-27(28-19-40-25(3)41-20-28)15-29-36(24(2)47)43-45(37(23)29)22-35(49)46-31-17-38(18-33(38)46)12-8-6-5-7-9-13-44(4)21-26-10-11-34(39)42-30(26)16-32(31)48;1-23(46)36-28-15-25(27-19-39-24(2)40-20-27)9-11-30(28)44(42-36)22-35(48)45-31-17-37(18-33(37)45)13-7-5-4-6-8-14-43(3)21-26-10-12-34(38)41-29(26)16-32(31)47;1-19-9-10-27(34)36-31(19)37-32(46)25-15-33(3)16-26(33)43(25)28(45)18-42-30-21-7-4-5-12-41-17-22(38-40-41)8-6-11-35-23(13-21)14-24(30)29(39-42)20(2)44/h10-11,14-15,19-20,31,33H,5-9,12-13,16-18,21-22H2,1-4H3;9-12,15,19-20,31,33H,4-8,13-14,16-18,21-22H2,1-3H3;9-10,13-14,17,25-26,35H,4-8,11-12,15-16,18H2,1-3H3,(H,36,37,46)/t31-,33+,38-;31-,33+,37-;25-,26+,33-/m000/s1. The van der Waals surface area contributed by atoms with Crippen molar-refractivity contribution < 1.29 is 43.2 Å². The Morgan fingerprint density at radius 3 is 1.56 bits per heavy atom. The number of carbonyl (C=O) groups excluding carboxylic acids is 9. The lowest BCUT2D eigenvalue weighted by molar-refractivity contribution is -0.139. The number of carbonyl (C=O) groups is 9. The van der Waals surface area contributed by atoms with E-state index in [1.165, 1.54) is 59.3 Å². The number of anilines is 2. The number of ketones is 5. The van der Waals surface area contributed by atoms with E-state index in [1.54, 1.807) is 43.7 Å². The van der Waals surface area contributed by atoms with Gasteiger partial charge in [0, 0.05) is 129 Å². The number of rotatable bonds is 13. The van der Waals surface area contributed by atoms with Gasteiger partial charge >= 0.3 is 0 Å². The molecule has 2 N–H and O–H groups in total. The Morgan fingerprint density at radius 1 is 0.469 bits per heavy atom. The molecule has 35 heteroatoms. The molecule has 3 saturated carbocycles. The Kier molecular flexibility index (Phi) is 29.2. The number of pyridine rings is 3. The Bertz CT molecular complexity index is 7000. The molecule has 746 valence electrons. The van der Waals surface area contributed by atoms with E-state index in [0.717, 1.165) is 218 Å². The first-order valence-corrected chi connectivity index (χ1v) is 53.0. The average molecular weight is 2130 g/mol. The first kappa shape index (κ1) is 99.9. The minimum absolute atomic E-state index is 0.00153. The number of amides is 4. The zero-order valence-corrected chi connectivity index (χ0v) is 87.9. The molecule has 143 heavy (non-hydrogen) atoms. The van der Waals surface area contributed by atoms with Crippen LogP contribution >= 0.6 is 47.8 Å². The summed E-state index contributed by atoms with van der Waals surface area (Å²) in [5.41, 5.74) is 14.9. The molecule has 9 aromatic heterocycles. The summed E-state index contributed by atoms with van der Waals surface area (Å²) in [5.74, 6) is 0.738. The van der Waals surface area contributed by atoms with Crippen LogP contribution in [0, 0.1) is 43.9 Å². The van der Waals surface area contributed by atoms with Gasteiger partial charge < -0.3 is 35.1 Å². The highest BCUT2D eigenvalue weighted by molar-refractivity contribution is 9.11. The number of likely N-dealkylation sites (tertiary alicyclic amines) is 3. The van der Waals surface area contributed by atoms with Crippen molar-refractivity contribution in [2.45, 2.75) is 291 Å². The molecule has 3 aliphatic carbocycles. The number of hydrogen-bond donors (Lipinski definition) is 2. The SMILES string of the molecule is CC(=O)c1nn(CC(=O)N2[C@H](C(=O)Nc3nc(Br)ccc3C)C[C@@]3(C)C[C@@H]23)c2c3cc(cc12)NCCCc1cn(nn1)CCCC3.CC(=O)c1nn(CC(=O)N2[C@H]3C[C@@]4(CCCCCCCN(C)Cc5ccc(Br)nc5CC3=O)C[C@@H]24)c2c(C)cc(-c3cnc(C)nc3)cc12.CC(=O)c1nn(CC(=O)N2[C@H]3C[C@@]4(CCCCCCCN(C)Cc5ccc(Br)nc5CC3=O)C[C@@H]24)c2ccc(-c3cnc(C)nc3)cc12. The van der Waals surface area contributed by atoms with Crippen LogP contribution in [0.1, 0.15) is 251 Å². The maximum atomic E-state index is 14.4. The highest BCUT2D eigenvalue weighted by atomic mass is 79.9. The van der Waals surface area contributed by atoms with Crippen molar-refractivity contribution in [1.82, 2.24) is 104 Å². The number of aryl methyl sites for hydroxylation is 7. The molecule has 8 bridgehead atoms. The van der Waals surface area contributed by atoms with E-state index < -0.39 is 18.1 Å². The van der Waals surface area contributed by atoms with Crippen LogP contribution in [-0.2, 0) is 93.7 Å². The number of nitrogens with one attached hydrogen (secondary N) is 2. The fraction of sp³-hybridized carbons (Fsp3) is 0.491. The number of fused-ring (bicyclic) bond motifs is 13. The summed E-state index contributed by atoms with van der Waals surface area (Å²) in [6, 6.07) is 24.0. The van der Waals surface area contributed by atoms with Gasteiger partial charge in [-0.25, -0.2) is 34.9 Å². The summed E-state index contributed by atoms with van der Waals surface area (Å²) < 4.78 is 8.92. The van der Waals surface area contributed by atoms with Crippen LogP contribution in [0.4, 0.5) is 11.5 Å². The van der Waals surface area contributed by atoms with Gasteiger partial charge in [0.1, 0.15) is 74.0 Å². The summed E-state index contributed by atoms with van der Waals surface area (Å²) in [6.07, 6.45) is 32.2. The van der Waals surface area contributed by atoms with E-state index in [2.05, 4.69) is 148 Å². The normalized spacial score (nSPS) is 23.2. The largest absolute Gasteiger partial charge is 0.385 e. The molecule has 0 radical (unpaired) electrons. The third-order valence-corrected chi connectivity index (χ3v) is 32.5. The summed E-state index contributed by atoms with van der Waals surface area (Å²) in [7, 11) is 4.25. The lowest BCUT2D eigenvalue weighted by Gasteiger charge is -2.27. The minimum atomic E-state index is -0.614. The first-order chi connectivity index (χ1) is 68.7. The van der Waals surface area contributed by atoms with E-state index in [9.17, 15) is 43.2 Å². The van der Waals surface area contributed by atoms with Gasteiger partial charge in [-0.05, 0) is 309 Å². The molecule has 0 unspecified atom stereocenters. The first-order valence-electron chi connectivity index (χ1n) is 50.6. The second-order valence-electron chi connectivity index (χ2n) is 41.8. The van der Waals surface area contributed by atoms with Crippen LogP contribution in [0.5, 0.6) is 0 Å². The summed E-state index contributed by atoms with van der Waals surface area (Å²) >= 11 is 10.4. The highest BCUT2D eigenvalue weighted by Gasteiger charge is 2.68. The third kappa shape index (κ3) is 21.5. The van der Waals surface area contributed by atoms with Gasteiger partial charge in [-0.3, -0.25) is 61.9 Å². The maximum Gasteiger partial charge on any atom is 0.248 e. The van der Waals surface area contributed by atoms with Crippen molar-refractivity contribution in [3.8, 4) is 22.3 Å². The average Bonchev–Trinajstić information content (AvgIpc) is 1.51. The molecule has 12 aromatic rings. The van der Waals surface area contributed by atoms with E-state index in [4.69, 9.17) is 20.2 Å². The lowest BCUT2D eigenvalue weighted by atomic mass is 9.90. The van der Waals surface area contributed by atoms with Crippen LogP contribution in [0.15, 0.2) is 124 Å². The van der Waals surface area contributed by atoms with Crippen LogP contribution in [0.25, 0.3) is 55.0 Å². The second-order valence-corrected chi connectivity index (χ2v) is 44.2. The molecule has 4 amide bonds. The number of piperidine rings is 3. The molecule has 32 nitrogen and oxygen atoms in total. The van der Waals surface area contributed by atoms with E-state index in [-0.39, 0.29) is 119 Å². The lowest BCUT2D eigenvalue weighted by Crippen LogP contribution is -2.47. The molecule has 6 fully saturated rings. The van der Waals surface area contributed by atoms with Crippen LogP contribution < -0.4 is 10.6 Å². The minimum Gasteiger partial charge on any atom is -0.385 e. The number of Topliss-reactive ketones (excluding diaryl/α,β-unsaturated/α-hetero) is 5. The Hall–Kier alpha value is -11.8. The topological polar surface area (TPSA) is 368 Å². The fourth-order valence-corrected chi connectivity index (χ4v) is 24.4. The van der Waals surface area contributed by atoms with Crippen molar-refractivity contribution in [2.24, 2.45) is 16.2 Å². The van der Waals surface area contributed by atoms with Gasteiger partial charge in [0.25, 0.3) is 0 Å². The van der Waals surface area contributed by atoms with Gasteiger partial charge in [0.2, 0.25) is 23.6 Å². The van der Waals surface area contributed by atoms with Gasteiger partial charge in [-0.2, -0.15) is 15.3 Å². The Balaban J connectivity index is 0.000000136. The molecule has 2 spiro atoms. The van der Waals surface area contributed by atoms with Crippen LogP contribution in [0.3, 0.4) is 0 Å². The Morgan fingerprint density at radius 2 is 0.972 bits per heavy atom. The summed E-state index contributed by atoms with van der Waals surface area (Å²) in [5, 5.41) is 31.3.